The van der Waals surface area contributed by atoms with Crippen molar-refractivity contribution < 1.29 is 0 Å². The molecule has 2 nitrogen and oxygen atoms in total. The molecule has 0 fully saturated rings. The van der Waals surface area contributed by atoms with Crippen molar-refractivity contribution in [3.8, 4) is 27.9 Å². The maximum atomic E-state index is 2.43. The Balaban J connectivity index is 1.13. The molecule has 0 aliphatic rings. The van der Waals surface area contributed by atoms with Crippen LogP contribution >= 0.6 is 0 Å². The minimum absolute atomic E-state index is 1.09. The summed E-state index contributed by atoms with van der Waals surface area (Å²) in [5, 5.41) is 7.52. The van der Waals surface area contributed by atoms with Crippen LogP contribution in [0.25, 0.3) is 71.3 Å². The van der Waals surface area contributed by atoms with E-state index in [2.05, 4.69) is 216 Å². The zero-order chi connectivity index (χ0) is 34.4. The molecule has 10 rings (SSSR count). The number of hydrogen-bond acceptors (Lipinski definition) is 1. The lowest BCUT2D eigenvalue weighted by atomic mass is 9.97. The molecule has 0 saturated heterocycles. The monoisotopic (exact) mass is 662 g/mol. The molecular weight excluding hydrogens is 629 g/mol. The van der Waals surface area contributed by atoms with E-state index in [1.165, 1.54) is 65.6 Å². The summed E-state index contributed by atoms with van der Waals surface area (Å²) in [4.78, 5) is 2.37. The van der Waals surface area contributed by atoms with Crippen LogP contribution in [0.15, 0.2) is 206 Å². The average molecular weight is 663 g/mol. The predicted octanol–water partition coefficient (Wildman–Crippen LogP) is 13.9. The third-order valence-corrected chi connectivity index (χ3v) is 10.4. The van der Waals surface area contributed by atoms with Crippen molar-refractivity contribution in [2.24, 2.45) is 0 Å². The molecule has 9 aromatic carbocycles. The molecule has 0 radical (unpaired) electrons. The molecule has 0 N–H and O–H groups in total. The van der Waals surface area contributed by atoms with E-state index in [0.29, 0.717) is 0 Å². The van der Waals surface area contributed by atoms with Gasteiger partial charge in [-0.3, -0.25) is 0 Å². The van der Waals surface area contributed by atoms with Crippen molar-refractivity contribution in [3.63, 3.8) is 0 Å². The molecule has 0 aliphatic heterocycles. The Labute approximate surface area is 303 Å². The largest absolute Gasteiger partial charge is 0.310 e. The van der Waals surface area contributed by atoms with Crippen LogP contribution in [-0.4, -0.2) is 4.57 Å². The Morgan fingerprint density at radius 2 is 0.904 bits per heavy atom. The maximum Gasteiger partial charge on any atom is 0.0619 e. The number of rotatable bonds is 6. The van der Waals surface area contributed by atoms with Gasteiger partial charge in [-0.1, -0.05) is 152 Å². The molecule has 0 bridgehead atoms. The second kappa shape index (κ2) is 12.5. The smallest absolute Gasteiger partial charge is 0.0619 e. The molecule has 0 unspecified atom stereocenters. The maximum absolute atomic E-state index is 2.43. The minimum atomic E-state index is 1.09. The highest BCUT2D eigenvalue weighted by molar-refractivity contribution is 6.18. The number of fused-ring (bicyclic) bond motifs is 6. The first kappa shape index (κ1) is 30.0. The van der Waals surface area contributed by atoms with Crippen molar-refractivity contribution in [1.82, 2.24) is 4.57 Å². The lowest BCUT2D eigenvalue weighted by molar-refractivity contribution is 1.18. The van der Waals surface area contributed by atoms with Gasteiger partial charge in [0.2, 0.25) is 0 Å². The summed E-state index contributed by atoms with van der Waals surface area (Å²) < 4.78 is 2.43. The Morgan fingerprint density at radius 3 is 1.69 bits per heavy atom. The Hall–Kier alpha value is -6.90. The van der Waals surface area contributed by atoms with Gasteiger partial charge in [0.1, 0.15) is 0 Å². The van der Waals surface area contributed by atoms with Crippen LogP contribution in [0, 0.1) is 0 Å². The summed E-state index contributed by atoms with van der Waals surface area (Å²) >= 11 is 0. The van der Waals surface area contributed by atoms with E-state index in [9.17, 15) is 0 Å². The Morgan fingerprint density at radius 1 is 0.327 bits per heavy atom. The number of anilines is 3. The van der Waals surface area contributed by atoms with Gasteiger partial charge in [-0.15, -0.1) is 0 Å². The van der Waals surface area contributed by atoms with E-state index in [-0.39, 0.29) is 0 Å². The average Bonchev–Trinajstić information content (AvgIpc) is 3.57. The predicted molar refractivity (Wildman–Crippen MR) is 221 cm³/mol. The van der Waals surface area contributed by atoms with E-state index in [4.69, 9.17) is 0 Å². The minimum Gasteiger partial charge on any atom is -0.310 e. The summed E-state index contributed by atoms with van der Waals surface area (Å²) in [6.45, 7) is 0. The molecule has 52 heavy (non-hydrogen) atoms. The summed E-state index contributed by atoms with van der Waals surface area (Å²) in [6, 6.07) is 74.6. The van der Waals surface area contributed by atoms with Gasteiger partial charge in [0, 0.05) is 38.9 Å². The molecule has 0 spiro atoms. The topological polar surface area (TPSA) is 8.17 Å². The second-order valence-electron chi connectivity index (χ2n) is 13.4. The van der Waals surface area contributed by atoms with E-state index in [0.717, 1.165) is 22.7 Å². The summed E-state index contributed by atoms with van der Waals surface area (Å²) in [5.74, 6) is 0. The number of hydrogen-bond donors (Lipinski definition) is 0. The van der Waals surface area contributed by atoms with Gasteiger partial charge in [-0.25, -0.2) is 0 Å². The fraction of sp³-hybridized carbons (Fsp3) is 0. The normalized spacial score (nSPS) is 11.5. The van der Waals surface area contributed by atoms with Crippen LogP contribution in [0.5, 0.6) is 0 Å². The first-order valence-corrected chi connectivity index (χ1v) is 17.9. The van der Waals surface area contributed by atoms with Gasteiger partial charge >= 0.3 is 0 Å². The Kier molecular flexibility index (Phi) is 7.18. The fourth-order valence-corrected chi connectivity index (χ4v) is 7.92. The van der Waals surface area contributed by atoms with Crippen LogP contribution < -0.4 is 4.90 Å². The first-order chi connectivity index (χ1) is 25.8. The van der Waals surface area contributed by atoms with E-state index >= 15 is 0 Å². The molecule has 10 aromatic rings. The Bertz CT molecular complexity index is 2880. The highest BCUT2D eigenvalue weighted by atomic mass is 15.1. The van der Waals surface area contributed by atoms with Crippen LogP contribution in [0.2, 0.25) is 0 Å². The van der Waals surface area contributed by atoms with Gasteiger partial charge in [0.15, 0.2) is 0 Å². The quantitative estimate of drug-likeness (QED) is 0.172. The standard InChI is InChI=1S/C50H34N2/c1-2-12-35(13-3-1)36-24-27-40(28-25-36)51(43-18-10-17-39(34-43)45-22-11-16-37-14-4-6-19-44(37)45)41-29-31-42(32-30-41)52-49-23-9-8-21-47(49)48-33-26-38-15-5-7-20-46(38)50(48)52/h1-34H. The van der Waals surface area contributed by atoms with E-state index in [1.807, 2.05) is 0 Å². The molecule has 0 aliphatic carbocycles. The molecule has 1 aromatic heterocycles. The van der Waals surface area contributed by atoms with Gasteiger partial charge in [0.25, 0.3) is 0 Å². The van der Waals surface area contributed by atoms with Crippen LogP contribution in [-0.2, 0) is 0 Å². The third kappa shape index (κ3) is 5.04. The van der Waals surface area contributed by atoms with Gasteiger partial charge in [-0.05, 0) is 93.0 Å². The number of para-hydroxylation sites is 1. The lowest BCUT2D eigenvalue weighted by Crippen LogP contribution is -2.10. The molecule has 0 saturated carbocycles. The van der Waals surface area contributed by atoms with Crippen molar-refractivity contribution in [3.05, 3.63) is 206 Å². The second-order valence-corrected chi connectivity index (χ2v) is 13.4. The van der Waals surface area contributed by atoms with Crippen molar-refractivity contribution >= 4 is 60.4 Å². The number of benzene rings is 9. The lowest BCUT2D eigenvalue weighted by Gasteiger charge is -2.26. The summed E-state index contributed by atoms with van der Waals surface area (Å²) in [7, 11) is 0. The zero-order valence-electron chi connectivity index (χ0n) is 28.5. The SMILES string of the molecule is c1ccc(-c2ccc(N(c3ccc(-n4c5ccccc5c5ccc6ccccc6c54)cc3)c3cccc(-c4cccc5ccccc45)c3)cc2)cc1. The molecule has 244 valence electrons. The van der Waals surface area contributed by atoms with Gasteiger partial charge < -0.3 is 9.47 Å². The molecular formula is C50H34N2. The number of nitrogens with zero attached hydrogens (tertiary/aromatic N) is 2. The van der Waals surface area contributed by atoms with Crippen molar-refractivity contribution in [2.45, 2.75) is 0 Å². The van der Waals surface area contributed by atoms with Crippen LogP contribution in [0.1, 0.15) is 0 Å². The van der Waals surface area contributed by atoms with Crippen LogP contribution in [0.3, 0.4) is 0 Å². The van der Waals surface area contributed by atoms with Gasteiger partial charge in [0.05, 0.1) is 11.0 Å². The first-order valence-electron chi connectivity index (χ1n) is 17.9. The molecule has 0 amide bonds. The van der Waals surface area contributed by atoms with E-state index in [1.54, 1.807) is 0 Å². The summed E-state index contributed by atoms with van der Waals surface area (Å²) in [6.07, 6.45) is 0. The highest BCUT2D eigenvalue weighted by Crippen LogP contribution is 2.41. The molecule has 0 atom stereocenters. The molecule has 1 heterocycles. The third-order valence-electron chi connectivity index (χ3n) is 10.4. The van der Waals surface area contributed by atoms with Crippen LogP contribution in [0.4, 0.5) is 17.1 Å². The number of aromatic nitrogens is 1. The zero-order valence-corrected chi connectivity index (χ0v) is 28.5. The van der Waals surface area contributed by atoms with Crippen molar-refractivity contribution in [1.29, 1.82) is 0 Å². The van der Waals surface area contributed by atoms with Gasteiger partial charge in [-0.2, -0.15) is 0 Å². The van der Waals surface area contributed by atoms with E-state index < -0.39 is 0 Å². The highest BCUT2D eigenvalue weighted by Gasteiger charge is 2.18. The van der Waals surface area contributed by atoms with Crippen molar-refractivity contribution in [2.75, 3.05) is 4.90 Å². The fourth-order valence-electron chi connectivity index (χ4n) is 7.92. The summed E-state index contributed by atoms with van der Waals surface area (Å²) in [5.41, 5.74) is 11.7. The molecule has 2 heteroatoms.